The first-order valence-corrected chi connectivity index (χ1v) is 7.10. The summed E-state index contributed by atoms with van der Waals surface area (Å²) in [5.74, 6) is 5.82. The molecule has 0 saturated carbocycles. The third-order valence-corrected chi connectivity index (χ3v) is 3.00. The number of aryl methyl sites for hydroxylation is 1. The second kappa shape index (κ2) is 8.29. The van der Waals surface area contributed by atoms with Crippen LogP contribution in [0.5, 0.6) is 5.75 Å². The number of hydrogen-bond acceptors (Lipinski definition) is 5. The van der Waals surface area contributed by atoms with Crippen LogP contribution in [0.4, 0.5) is 5.69 Å². The molecule has 1 aromatic heterocycles. The molecule has 0 unspecified atom stereocenters. The van der Waals surface area contributed by atoms with Crippen LogP contribution in [0.1, 0.15) is 16.1 Å². The van der Waals surface area contributed by atoms with Crippen LogP contribution in [-0.2, 0) is 0 Å². The molecule has 2 rings (SSSR count). The van der Waals surface area contributed by atoms with Crippen molar-refractivity contribution < 1.29 is 14.5 Å². The van der Waals surface area contributed by atoms with Crippen LogP contribution in [-0.4, -0.2) is 29.0 Å². The molecule has 0 bridgehead atoms. The molecular formula is C17H15N3O4. The molecule has 2 aromatic rings. The molecule has 0 fully saturated rings. The van der Waals surface area contributed by atoms with E-state index >= 15 is 0 Å². The van der Waals surface area contributed by atoms with Crippen molar-refractivity contribution in [2.75, 3.05) is 13.2 Å². The molecule has 0 aliphatic carbocycles. The number of amides is 1. The minimum absolute atomic E-state index is 0.0610. The molecular weight excluding hydrogens is 310 g/mol. The number of nitro benzene ring substituents is 1. The third-order valence-electron chi connectivity index (χ3n) is 3.00. The van der Waals surface area contributed by atoms with Gasteiger partial charge >= 0.3 is 0 Å². The normalized spacial score (nSPS) is 9.54. The lowest BCUT2D eigenvalue weighted by Gasteiger charge is -2.01. The Morgan fingerprint density at radius 2 is 2.00 bits per heavy atom. The minimum Gasteiger partial charge on any atom is -0.479 e. The number of non-ortho nitro benzene ring substituents is 1. The summed E-state index contributed by atoms with van der Waals surface area (Å²) in [6, 6.07) is 9.00. The third kappa shape index (κ3) is 5.10. The Morgan fingerprint density at radius 3 is 2.62 bits per heavy atom. The average Bonchev–Trinajstić information content (AvgIpc) is 2.59. The summed E-state index contributed by atoms with van der Waals surface area (Å²) in [5.41, 5.74) is 1.18. The van der Waals surface area contributed by atoms with Gasteiger partial charge in [-0.05, 0) is 31.2 Å². The molecule has 1 amide bonds. The van der Waals surface area contributed by atoms with E-state index in [0.29, 0.717) is 11.3 Å². The highest BCUT2D eigenvalue weighted by Gasteiger charge is 2.08. The van der Waals surface area contributed by atoms with Gasteiger partial charge in [0.15, 0.2) is 0 Å². The topological polar surface area (TPSA) is 94.4 Å². The number of aromatic nitrogens is 1. The SMILES string of the molecule is Cc1ccc(OCC#CCNC(=O)c2ccc([N+](=O)[O-])cc2)cn1. The van der Waals surface area contributed by atoms with E-state index in [1.807, 2.05) is 13.0 Å². The van der Waals surface area contributed by atoms with Crippen molar-refractivity contribution in [1.29, 1.82) is 0 Å². The van der Waals surface area contributed by atoms with Gasteiger partial charge in [-0.3, -0.25) is 19.9 Å². The summed E-state index contributed by atoms with van der Waals surface area (Å²) in [5, 5.41) is 13.1. The largest absolute Gasteiger partial charge is 0.479 e. The van der Waals surface area contributed by atoms with Gasteiger partial charge < -0.3 is 10.1 Å². The summed E-state index contributed by atoms with van der Waals surface area (Å²) in [6.45, 7) is 2.24. The quantitative estimate of drug-likeness (QED) is 0.516. The smallest absolute Gasteiger partial charge is 0.269 e. The predicted molar refractivity (Wildman–Crippen MR) is 87.7 cm³/mol. The average molecular weight is 325 g/mol. The first kappa shape index (κ1) is 17.0. The van der Waals surface area contributed by atoms with Crippen LogP contribution >= 0.6 is 0 Å². The Balaban J connectivity index is 1.74. The number of carbonyl (C=O) groups excluding carboxylic acids is 1. The summed E-state index contributed by atoms with van der Waals surface area (Å²) in [4.78, 5) is 25.9. The molecule has 0 atom stereocenters. The first-order chi connectivity index (χ1) is 11.6. The first-order valence-electron chi connectivity index (χ1n) is 7.10. The fourth-order valence-corrected chi connectivity index (χ4v) is 1.73. The standard InChI is InChI=1S/C17H15N3O4/c1-13-4-9-16(12-19-13)24-11-3-2-10-18-17(21)14-5-7-15(8-6-14)20(22)23/h4-9,12H,10-11H2,1H3,(H,18,21). The van der Waals surface area contributed by atoms with Crippen molar-refractivity contribution in [3.63, 3.8) is 0 Å². The van der Waals surface area contributed by atoms with E-state index < -0.39 is 4.92 Å². The zero-order valence-electron chi connectivity index (χ0n) is 13.0. The van der Waals surface area contributed by atoms with Gasteiger partial charge in [0, 0.05) is 23.4 Å². The van der Waals surface area contributed by atoms with Gasteiger partial charge in [0.05, 0.1) is 17.7 Å². The number of nitrogens with one attached hydrogen (secondary N) is 1. The van der Waals surface area contributed by atoms with Gasteiger partial charge in [-0.1, -0.05) is 11.8 Å². The van der Waals surface area contributed by atoms with Crippen LogP contribution in [0.25, 0.3) is 0 Å². The van der Waals surface area contributed by atoms with Gasteiger partial charge in [0.2, 0.25) is 0 Å². The van der Waals surface area contributed by atoms with Crippen molar-refractivity contribution in [3.05, 3.63) is 64.0 Å². The fraction of sp³-hybridized carbons (Fsp3) is 0.176. The Morgan fingerprint density at radius 1 is 1.25 bits per heavy atom. The zero-order chi connectivity index (χ0) is 17.4. The molecule has 7 heteroatoms. The Bertz CT molecular complexity index is 774. The monoisotopic (exact) mass is 325 g/mol. The molecule has 0 saturated heterocycles. The number of carbonyl (C=O) groups is 1. The summed E-state index contributed by atoms with van der Waals surface area (Å²) in [6.07, 6.45) is 1.62. The van der Waals surface area contributed by atoms with Crippen molar-refractivity contribution >= 4 is 11.6 Å². The lowest BCUT2D eigenvalue weighted by atomic mass is 10.2. The Kier molecular flexibility index (Phi) is 5.86. The number of ether oxygens (including phenoxy) is 1. The van der Waals surface area contributed by atoms with Crippen LogP contribution in [0.3, 0.4) is 0 Å². The van der Waals surface area contributed by atoms with Gasteiger partial charge in [-0.15, -0.1) is 0 Å². The van der Waals surface area contributed by atoms with E-state index in [-0.39, 0.29) is 24.7 Å². The molecule has 0 aliphatic rings. The number of benzene rings is 1. The molecule has 122 valence electrons. The highest BCUT2D eigenvalue weighted by atomic mass is 16.6. The number of rotatable bonds is 5. The lowest BCUT2D eigenvalue weighted by molar-refractivity contribution is -0.384. The maximum Gasteiger partial charge on any atom is 0.269 e. The number of nitro groups is 1. The van der Waals surface area contributed by atoms with Crippen molar-refractivity contribution in [1.82, 2.24) is 10.3 Å². The van der Waals surface area contributed by atoms with Gasteiger partial charge in [-0.2, -0.15) is 0 Å². The molecule has 1 aromatic carbocycles. The van der Waals surface area contributed by atoms with E-state index in [4.69, 9.17) is 4.74 Å². The minimum atomic E-state index is -0.517. The molecule has 7 nitrogen and oxygen atoms in total. The second-order valence-electron chi connectivity index (χ2n) is 4.76. The van der Waals surface area contributed by atoms with Crippen LogP contribution in [0.15, 0.2) is 42.6 Å². The Hall–Kier alpha value is -3.40. The van der Waals surface area contributed by atoms with Gasteiger partial charge in [0.25, 0.3) is 11.6 Å². The van der Waals surface area contributed by atoms with Gasteiger partial charge in [-0.25, -0.2) is 0 Å². The van der Waals surface area contributed by atoms with Crippen molar-refractivity contribution in [3.8, 4) is 17.6 Å². The lowest BCUT2D eigenvalue weighted by Crippen LogP contribution is -2.23. The molecule has 0 spiro atoms. The van der Waals surface area contributed by atoms with E-state index in [0.717, 1.165) is 5.69 Å². The molecule has 1 N–H and O–H groups in total. The zero-order valence-corrected chi connectivity index (χ0v) is 13.0. The molecule has 0 radical (unpaired) electrons. The fourth-order valence-electron chi connectivity index (χ4n) is 1.73. The van der Waals surface area contributed by atoms with E-state index in [1.165, 1.54) is 24.3 Å². The predicted octanol–water partition coefficient (Wildman–Crippen LogP) is 2.11. The number of nitrogens with zero attached hydrogens (tertiary/aromatic N) is 2. The van der Waals surface area contributed by atoms with Crippen LogP contribution < -0.4 is 10.1 Å². The second-order valence-corrected chi connectivity index (χ2v) is 4.76. The summed E-state index contributed by atoms with van der Waals surface area (Å²) < 4.78 is 5.38. The van der Waals surface area contributed by atoms with Crippen LogP contribution in [0, 0.1) is 28.9 Å². The van der Waals surface area contributed by atoms with Crippen molar-refractivity contribution in [2.45, 2.75) is 6.92 Å². The van der Waals surface area contributed by atoms with Gasteiger partial charge in [0.1, 0.15) is 12.4 Å². The summed E-state index contributed by atoms with van der Waals surface area (Å²) in [7, 11) is 0. The molecule has 1 heterocycles. The highest BCUT2D eigenvalue weighted by molar-refractivity contribution is 5.94. The van der Waals surface area contributed by atoms with E-state index in [9.17, 15) is 14.9 Å². The summed E-state index contributed by atoms with van der Waals surface area (Å²) >= 11 is 0. The maximum absolute atomic E-state index is 11.8. The van der Waals surface area contributed by atoms with E-state index in [2.05, 4.69) is 22.1 Å². The molecule has 24 heavy (non-hydrogen) atoms. The Labute approximate surface area is 138 Å². The van der Waals surface area contributed by atoms with E-state index in [1.54, 1.807) is 12.3 Å². The highest BCUT2D eigenvalue weighted by Crippen LogP contribution is 2.11. The molecule has 0 aliphatic heterocycles. The number of pyridine rings is 1. The van der Waals surface area contributed by atoms with Crippen molar-refractivity contribution in [2.24, 2.45) is 0 Å². The van der Waals surface area contributed by atoms with Crippen LogP contribution in [0.2, 0.25) is 0 Å². The maximum atomic E-state index is 11.8. The number of hydrogen-bond donors (Lipinski definition) is 1.